The molecule has 2 aliphatic heterocycles. The fourth-order valence-electron chi connectivity index (χ4n) is 10.1. The van der Waals surface area contributed by atoms with Crippen molar-refractivity contribution >= 4 is 76.4 Å². The van der Waals surface area contributed by atoms with E-state index in [-0.39, 0.29) is 19.4 Å². The standard InChI is InChI=1S/C35H33N2O2.C30H30N2O7S3/c1-4-25(21-34-36(5-2)30-23-28(17-19-32(30)38-34)26-13-9-7-10-14-26)22-35-37(6-3)31-24-29(18-20-33(31)39-35)27-15-11-8-12-16-27;1-22(20-30-32(16-8-18-42(36,37)38)25-11-5-6-12-28(25)40-30)19-29-31(15-7-17-41(33,34)35)26-21-24(13-14-27(26)39-29)23-9-3-2-4-10-23/h7-24H,4-6H2,1-3H3;2-6,9-14,19-21H,7-8,15-18H2,1H3,(H-,33,34,35,36,37,38)/q+1;/p-1. The predicted octanol–water partition coefficient (Wildman–Crippen LogP) is 13.5. The van der Waals surface area contributed by atoms with Gasteiger partial charge < -0.3 is 32.8 Å². The molecule has 0 unspecified atom stereocenters. The van der Waals surface area contributed by atoms with Crippen molar-refractivity contribution in [2.45, 2.75) is 60.0 Å². The van der Waals surface area contributed by atoms with Crippen molar-refractivity contribution < 1.29 is 49.0 Å². The van der Waals surface area contributed by atoms with Crippen LogP contribution in [0.5, 0.6) is 11.5 Å². The molecular weight excluding hydrogens is 1080 g/mol. The number of ether oxygens (including phenoxy) is 2. The van der Waals surface area contributed by atoms with Gasteiger partial charge in [-0.1, -0.05) is 140 Å². The minimum atomic E-state index is -4.37. The zero-order valence-electron chi connectivity index (χ0n) is 45.5. The molecule has 0 bridgehead atoms. The number of aromatic nitrogens is 2. The van der Waals surface area contributed by atoms with E-state index in [2.05, 4.69) is 127 Å². The number of nitrogens with zero attached hydrogens (tertiary/aromatic N) is 4. The second-order valence-corrected chi connectivity index (χ2v) is 23.8. The molecule has 4 heterocycles. The molecule has 16 heteroatoms. The van der Waals surface area contributed by atoms with Crippen molar-refractivity contribution in [3.05, 3.63) is 216 Å². The van der Waals surface area contributed by atoms with E-state index in [1.165, 1.54) is 22.3 Å². The molecule has 0 radical (unpaired) electrons. The summed E-state index contributed by atoms with van der Waals surface area (Å²) in [6.07, 6.45) is 9.28. The van der Waals surface area contributed by atoms with Crippen LogP contribution < -0.4 is 28.4 Å². The van der Waals surface area contributed by atoms with Gasteiger partial charge in [-0.05, 0) is 115 Å². The van der Waals surface area contributed by atoms with Gasteiger partial charge in [0.05, 0.1) is 37.7 Å². The first-order valence-corrected chi connectivity index (χ1v) is 31.0. The number of allylic oxidation sites excluding steroid dienone is 4. The SMILES string of the molecule is CC(/C=C1\Oc2ccc(-c3ccccc3)cc2N1CCCS(=O)(=O)[O-])=C\c1sc2ccccc2[n+]1CCCS(=O)(=O)[O-].CCC(=C/c1oc2ccc(-c3ccccc3)cc2[n+]1CC)/C=C1/Oc2ccc(-c3ccccc3)cc2N1CC. The number of anilines is 2. The Hall–Kier alpha value is -8.12. The van der Waals surface area contributed by atoms with Gasteiger partial charge in [0.15, 0.2) is 18.0 Å². The first-order chi connectivity index (χ1) is 39.1. The Labute approximate surface area is 477 Å². The molecule has 2 aromatic heterocycles. The van der Waals surface area contributed by atoms with Crippen molar-refractivity contribution in [2.75, 3.05) is 34.4 Å². The van der Waals surface area contributed by atoms with Crippen LogP contribution in [0.25, 0.3) is 66.8 Å². The topological polar surface area (TPSA) is 160 Å². The summed E-state index contributed by atoms with van der Waals surface area (Å²) in [5, 5.41) is 0.875. The first kappa shape index (κ1) is 56.2. The molecule has 0 N–H and O–H groups in total. The lowest BCUT2D eigenvalue weighted by molar-refractivity contribution is -0.674. The summed E-state index contributed by atoms with van der Waals surface area (Å²) in [7, 11) is -8.68. The van der Waals surface area contributed by atoms with Crippen LogP contribution in [0.15, 0.2) is 209 Å². The number of thiazole rings is 1. The summed E-state index contributed by atoms with van der Waals surface area (Å²) in [6.45, 7) is 10.6. The van der Waals surface area contributed by atoms with Gasteiger partial charge in [0.25, 0.3) is 10.5 Å². The van der Waals surface area contributed by atoms with Gasteiger partial charge in [-0.2, -0.15) is 9.13 Å². The van der Waals surface area contributed by atoms with Crippen LogP contribution in [0.3, 0.4) is 0 Å². The van der Waals surface area contributed by atoms with Gasteiger partial charge in [-0.15, -0.1) is 0 Å². The van der Waals surface area contributed by atoms with Gasteiger partial charge in [-0.25, -0.2) is 16.8 Å². The van der Waals surface area contributed by atoms with Crippen molar-refractivity contribution in [3.63, 3.8) is 0 Å². The minimum Gasteiger partial charge on any atom is -0.748 e. The maximum Gasteiger partial charge on any atom is 0.374 e. The van der Waals surface area contributed by atoms with Crippen LogP contribution in [-0.4, -0.2) is 50.5 Å². The van der Waals surface area contributed by atoms with Crippen LogP contribution in [0.1, 0.15) is 57.9 Å². The van der Waals surface area contributed by atoms with Crippen LogP contribution in [0.2, 0.25) is 0 Å². The van der Waals surface area contributed by atoms with E-state index >= 15 is 0 Å². The zero-order valence-corrected chi connectivity index (χ0v) is 48.0. The Morgan fingerprint density at radius 3 is 1.67 bits per heavy atom. The molecule has 0 amide bonds. The predicted molar refractivity (Wildman–Crippen MR) is 321 cm³/mol. The Morgan fingerprint density at radius 1 is 0.568 bits per heavy atom. The number of para-hydroxylation sites is 1. The third-order valence-electron chi connectivity index (χ3n) is 14.1. The van der Waals surface area contributed by atoms with E-state index in [1.54, 1.807) is 11.3 Å². The molecule has 2 aliphatic rings. The van der Waals surface area contributed by atoms with Crippen LogP contribution in [-0.2, 0) is 33.3 Å². The smallest absolute Gasteiger partial charge is 0.374 e. The number of hydrogen-bond donors (Lipinski definition) is 0. The van der Waals surface area contributed by atoms with Gasteiger partial charge in [0.1, 0.15) is 11.2 Å². The molecule has 11 rings (SSSR count). The molecule has 0 saturated carbocycles. The van der Waals surface area contributed by atoms with Crippen molar-refractivity contribution in [2.24, 2.45) is 0 Å². The Morgan fingerprint density at radius 2 is 1.10 bits per heavy atom. The average Bonchev–Trinajstić information content (AvgIpc) is 4.37. The normalized spacial score (nSPS) is 14.5. The molecule has 9 aromatic rings. The lowest BCUT2D eigenvalue weighted by Gasteiger charge is -2.19. The van der Waals surface area contributed by atoms with Crippen molar-refractivity contribution in [3.8, 4) is 44.9 Å². The summed E-state index contributed by atoms with van der Waals surface area (Å²) in [4.78, 5) is 4.12. The number of aryl methyl sites for hydroxylation is 2. The number of fused-ring (bicyclic) bond motifs is 4. The van der Waals surface area contributed by atoms with Crippen LogP contribution in [0, 0.1) is 0 Å². The first-order valence-electron chi connectivity index (χ1n) is 27.1. The fraction of sp³-hybridized carbons (Fsp3) is 0.200. The molecule has 81 heavy (non-hydrogen) atoms. The zero-order chi connectivity index (χ0) is 56.7. The minimum absolute atomic E-state index is 0.128. The Balaban J connectivity index is 0.000000182. The van der Waals surface area contributed by atoms with Gasteiger partial charge in [-0.3, -0.25) is 0 Å². The third kappa shape index (κ3) is 13.4. The van der Waals surface area contributed by atoms with E-state index in [0.29, 0.717) is 18.2 Å². The lowest BCUT2D eigenvalue weighted by Crippen LogP contribution is -2.36. The second-order valence-electron chi connectivity index (χ2n) is 19.6. The molecule has 414 valence electrons. The average molecular weight is 1140 g/mol. The quantitative estimate of drug-likeness (QED) is 0.0594. The number of hydrogen-bond acceptors (Lipinski definition) is 12. The van der Waals surface area contributed by atoms with E-state index in [0.717, 1.165) is 97.0 Å². The van der Waals surface area contributed by atoms with Crippen molar-refractivity contribution in [1.82, 2.24) is 0 Å². The maximum atomic E-state index is 11.3. The summed E-state index contributed by atoms with van der Waals surface area (Å²) in [6, 6.07) is 57.2. The summed E-state index contributed by atoms with van der Waals surface area (Å²) in [5.41, 5.74) is 13.5. The van der Waals surface area contributed by atoms with Crippen LogP contribution >= 0.6 is 11.3 Å². The number of benzene rings is 7. The monoisotopic (exact) mass is 1140 g/mol. The van der Waals surface area contributed by atoms with Crippen molar-refractivity contribution in [1.29, 1.82) is 0 Å². The molecule has 13 nitrogen and oxygen atoms in total. The summed E-state index contributed by atoms with van der Waals surface area (Å²) >= 11 is 1.55. The highest BCUT2D eigenvalue weighted by Gasteiger charge is 2.29. The molecule has 0 atom stereocenters. The highest BCUT2D eigenvalue weighted by molar-refractivity contribution is 7.85. The summed E-state index contributed by atoms with van der Waals surface area (Å²) < 4.78 is 91.7. The molecule has 7 aromatic carbocycles. The largest absolute Gasteiger partial charge is 0.748 e. The number of oxazole rings is 1. The molecule has 0 fully saturated rings. The molecule has 0 aliphatic carbocycles. The Kier molecular flexibility index (Phi) is 17.1. The Bertz CT molecular complexity index is 4100. The summed E-state index contributed by atoms with van der Waals surface area (Å²) in [5.74, 6) is 2.76. The molecule has 0 spiro atoms. The third-order valence-corrected chi connectivity index (χ3v) is 16.8. The van der Waals surface area contributed by atoms with E-state index < -0.39 is 31.7 Å². The van der Waals surface area contributed by atoms with Crippen LogP contribution in [0.4, 0.5) is 11.4 Å². The van der Waals surface area contributed by atoms with Gasteiger partial charge in [0.2, 0.25) is 22.9 Å². The maximum absolute atomic E-state index is 11.3. The second kappa shape index (κ2) is 24.7. The number of rotatable bonds is 18. The highest BCUT2D eigenvalue weighted by atomic mass is 32.2. The lowest BCUT2D eigenvalue weighted by atomic mass is 10.0. The highest BCUT2D eigenvalue weighted by Crippen LogP contribution is 2.44. The molecule has 0 saturated heterocycles. The van der Waals surface area contributed by atoms with E-state index in [1.807, 2.05) is 113 Å². The fourth-order valence-corrected chi connectivity index (χ4v) is 12.3. The van der Waals surface area contributed by atoms with Gasteiger partial charge in [0, 0.05) is 61.4 Å². The van der Waals surface area contributed by atoms with Gasteiger partial charge >= 0.3 is 5.89 Å². The van der Waals surface area contributed by atoms with E-state index in [4.69, 9.17) is 13.9 Å². The van der Waals surface area contributed by atoms with E-state index in [9.17, 15) is 25.9 Å². The molecular formula is C65H62N4O9S3.